The van der Waals surface area contributed by atoms with Crippen molar-refractivity contribution in [2.45, 2.75) is 26.2 Å². The van der Waals surface area contributed by atoms with Gasteiger partial charge in [0.15, 0.2) is 0 Å². The average molecular weight is 412 g/mol. The van der Waals surface area contributed by atoms with Gasteiger partial charge < -0.3 is 9.88 Å². The van der Waals surface area contributed by atoms with Gasteiger partial charge in [-0.15, -0.1) is 0 Å². The molecule has 2 aliphatic rings. The van der Waals surface area contributed by atoms with Crippen molar-refractivity contribution in [2.24, 2.45) is 5.92 Å². The molecule has 1 aliphatic carbocycles. The van der Waals surface area contributed by atoms with Gasteiger partial charge in [-0.3, -0.25) is 9.69 Å². The molecule has 2 aromatic rings. The maximum Gasteiger partial charge on any atom is 0.230 e. The molecule has 0 saturated heterocycles. The third-order valence-electron chi connectivity index (χ3n) is 5.01. The Morgan fingerprint density at radius 2 is 2.36 bits per heavy atom. The normalized spacial score (nSPS) is 30.0. The van der Waals surface area contributed by atoms with Crippen molar-refractivity contribution in [1.82, 2.24) is 14.8 Å². The van der Waals surface area contributed by atoms with Crippen LogP contribution < -0.4 is 0 Å². The molecule has 2 atom stereocenters. The number of hydrogen-bond acceptors (Lipinski definition) is 2. The highest BCUT2D eigenvalue weighted by atomic mass is 79.9. The molecule has 1 amide bonds. The molecule has 4 nitrogen and oxygen atoms in total. The van der Waals surface area contributed by atoms with E-state index in [1.807, 2.05) is 0 Å². The number of H-pyrrole nitrogens is 1. The van der Waals surface area contributed by atoms with Gasteiger partial charge in [0, 0.05) is 48.9 Å². The number of amides is 1. The number of carbonyl (C=O) groups excluding carboxylic acids is 1. The highest BCUT2D eigenvalue weighted by Crippen LogP contribution is 2.43. The summed E-state index contributed by atoms with van der Waals surface area (Å²) in [6.45, 7) is -9.54. The molecule has 1 aliphatic heterocycles. The van der Waals surface area contributed by atoms with E-state index in [1.54, 1.807) is 18.2 Å². The van der Waals surface area contributed by atoms with Crippen LogP contribution in [0.2, 0.25) is 0 Å². The van der Waals surface area contributed by atoms with Gasteiger partial charge in [-0.2, -0.15) is 0 Å². The third kappa shape index (κ3) is 2.56. The minimum absolute atomic E-state index is 0.168. The summed E-state index contributed by atoms with van der Waals surface area (Å²) in [4.78, 5) is 18.7. The smallest absolute Gasteiger partial charge is 0.230 e. The molecule has 5 heteroatoms. The number of fused-ring (bicyclic) bond motifs is 2. The molecule has 1 aromatic carbocycles. The second-order valence-corrected chi connectivity index (χ2v) is 7.15. The van der Waals surface area contributed by atoms with E-state index in [1.165, 1.54) is 4.90 Å². The number of benzene rings is 1. The Labute approximate surface area is 171 Å². The van der Waals surface area contributed by atoms with E-state index in [9.17, 15) is 4.79 Å². The van der Waals surface area contributed by atoms with Crippen LogP contribution in [0.3, 0.4) is 0 Å². The fourth-order valence-electron chi connectivity index (χ4n) is 3.79. The number of hydrogen-bond donors (Lipinski definition) is 1. The Balaban J connectivity index is 1.85. The number of halogens is 1. The first kappa shape index (κ1) is 8.87. The first-order valence-electron chi connectivity index (χ1n) is 13.0. The molecule has 0 bridgehead atoms. The second kappa shape index (κ2) is 6.29. The molecular formula is C20H24BrN3O. The number of nitrogens with zero attached hydrogens (tertiary/aromatic N) is 2. The summed E-state index contributed by atoms with van der Waals surface area (Å²) >= 11 is 3.50. The molecule has 132 valence electrons. The van der Waals surface area contributed by atoms with Crippen LogP contribution in [0.4, 0.5) is 0 Å². The highest BCUT2D eigenvalue weighted by Gasteiger charge is 2.37. The molecule has 0 saturated carbocycles. The minimum Gasteiger partial charge on any atom is -0.349 e. The molecular weight excluding hydrogens is 378 g/mol. The van der Waals surface area contributed by atoms with Crippen LogP contribution in [-0.2, 0) is 11.2 Å². The molecule has 1 aromatic heterocycles. The third-order valence-corrected chi connectivity index (χ3v) is 5.69. The highest BCUT2D eigenvalue weighted by molar-refractivity contribution is 9.10. The fraction of sp³-hybridized carbons (Fsp3) is 0.450. The van der Waals surface area contributed by atoms with Gasteiger partial charge in [-0.05, 0) is 65.8 Å². The van der Waals surface area contributed by atoms with Gasteiger partial charge in [0.2, 0.25) is 5.91 Å². The van der Waals surface area contributed by atoms with Crippen LogP contribution in [-0.4, -0.2) is 53.3 Å². The lowest BCUT2D eigenvalue weighted by atomic mass is 9.79. The van der Waals surface area contributed by atoms with Gasteiger partial charge in [0.1, 0.15) is 0 Å². The van der Waals surface area contributed by atoms with Crippen molar-refractivity contribution >= 4 is 38.3 Å². The molecule has 0 unspecified atom stereocenters. The lowest BCUT2D eigenvalue weighted by Crippen LogP contribution is -2.47. The predicted molar refractivity (Wildman–Crippen MR) is 106 cm³/mol. The maximum atomic E-state index is 13.5. The van der Waals surface area contributed by atoms with Gasteiger partial charge in [0.05, 0.1) is 11.9 Å². The summed E-state index contributed by atoms with van der Waals surface area (Å²) in [5.74, 6) is -1.86. The van der Waals surface area contributed by atoms with E-state index in [2.05, 4.69) is 20.9 Å². The topological polar surface area (TPSA) is 39.3 Å². The van der Waals surface area contributed by atoms with Crippen molar-refractivity contribution in [2.75, 3.05) is 26.6 Å². The zero-order valence-electron chi connectivity index (χ0n) is 23.4. The van der Waals surface area contributed by atoms with Crippen LogP contribution >= 0.6 is 15.9 Å². The summed E-state index contributed by atoms with van der Waals surface area (Å²) in [7, 11) is 0. The first-order chi connectivity index (χ1) is 16.0. The number of nitrogens with one attached hydrogen (secondary N) is 1. The Kier molecular flexibility index (Phi) is 2.23. The van der Waals surface area contributed by atoms with Crippen LogP contribution in [0.5, 0.6) is 0 Å². The molecule has 0 radical (unpaired) electrons. The van der Waals surface area contributed by atoms with Crippen molar-refractivity contribution in [3.05, 3.63) is 40.0 Å². The predicted octanol–water partition coefficient (Wildman–Crippen LogP) is 3.67. The van der Waals surface area contributed by atoms with E-state index < -0.39 is 51.6 Å². The fourth-order valence-corrected chi connectivity index (χ4v) is 4.36. The van der Waals surface area contributed by atoms with Gasteiger partial charge >= 0.3 is 0 Å². The molecule has 0 spiro atoms. The average Bonchev–Trinajstić information content (AvgIpc) is 3.01. The summed E-state index contributed by atoms with van der Waals surface area (Å²) in [5, 5.41) is 0.771. The molecule has 4 rings (SSSR count). The first-order valence-corrected chi connectivity index (χ1v) is 8.83. The Morgan fingerprint density at radius 3 is 3.12 bits per heavy atom. The minimum atomic E-state index is -2.59. The Bertz CT molecular complexity index is 1180. The molecule has 2 heterocycles. The molecule has 1 N–H and O–H groups in total. The standard InChI is InChI=1S/C20H24BrN3O/c1-4-24(5-2)20(25)12-9-14-13-7-6-8-16-18(13)15(19(21)22-16)10-17(14)23(3)11-12/h6-9,12,17,22H,4-5,10-11H2,1-3H3/t12-,17-/m1/s1/i1D3,2D3,3D3,7D. The largest absolute Gasteiger partial charge is 0.349 e. The number of rotatable bonds is 3. The maximum absolute atomic E-state index is 13.5. The lowest BCUT2D eigenvalue weighted by Gasteiger charge is -2.40. The summed E-state index contributed by atoms with van der Waals surface area (Å²) in [6.07, 6.45) is 1.92. The summed E-state index contributed by atoms with van der Waals surface area (Å²) in [6, 6.07) is 2.88. The van der Waals surface area contributed by atoms with Crippen LogP contribution in [0.1, 0.15) is 38.5 Å². The van der Waals surface area contributed by atoms with Crippen molar-refractivity contribution in [3.63, 3.8) is 0 Å². The van der Waals surface area contributed by atoms with Gasteiger partial charge in [-0.1, -0.05) is 18.2 Å². The van der Waals surface area contributed by atoms with Crippen LogP contribution in [0.15, 0.2) is 28.9 Å². The number of aromatic amines is 1. The van der Waals surface area contributed by atoms with Crippen molar-refractivity contribution in [3.8, 4) is 0 Å². The van der Waals surface area contributed by atoms with Gasteiger partial charge in [-0.25, -0.2) is 0 Å². The zero-order chi connectivity index (χ0) is 26.1. The number of aromatic nitrogens is 1. The SMILES string of the molecule is [2H]c1ccc2[nH]c(Br)c3c2c1C1=C[C@@H](C(=O)N(CC([2H])([2H])[2H])CC([2H])([2H])[2H])CN(C([2H])([2H])[2H])[C@@H]1C3. The molecule has 25 heavy (non-hydrogen) atoms. The number of carbonyl (C=O) groups is 1. The van der Waals surface area contributed by atoms with E-state index in [-0.39, 0.29) is 12.6 Å². The van der Waals surface area contributed by atoms with E-state index in [0.29, 0.717) is 22.2 Å². The lowest BCUT2D eigenvalue weighted by molar-refractivity contribution is -0.134. The zero-order valence-corrected chi connectivity index (χ0v) is 15.0. The number of likely N-dealkylation sites (N-methyl/N-ethyl adjacent to an activating group) is 1. The Hall–Kier alpha value is -1.59. The van der Waals surface area contributed by atoms with Crippen LogP contribution in [0.25, 0.3) is 16.5 Å². The monoisotopic (exact) mass is 411 g/mol. The molecule has 0 fully saturated rings. The van der Waals surface area contributed by atoms with Crippen LogP contribution in [0, 0.1) is 5.92 Å². The second-order valence-electron chi connectivity index (χ2n) is 6.35. The summed E-state index contributed by atoms with van der Waals surface area (Å²) in [5.41, 5.74) is 2.62. The Morgan fingerprint density at radius 1 is 1.52 bits per heavy atom. The van der Waals surface area contributed by atoms with E-state index in [0.717, 1.165) is 21.4 Å². The summed E-state index contributed by atoms with van der Waals surface area (Å²) < 4.78 is 79.0. The van der Waals surface area contributed by atoms with E-state index in [4.69, 9.17) is 13.7 Å². The van der Waals surface area contributed by atoms with Crippen molar-refractivity contribution < 1.29 is 18.5 Å². The quantitative estimate of drug-likeness (QED) is 0.836. The van der Waals surface area contributed by atoms with Crippen molar-refractivity contribution in [1.29, 1.82) is 0 Å². The van der Waals surface area contributed by atoms with E-state index >= 15 is 0 Å². The van der Waals surface area contributed by atoms with Gasteiger partial charge in [0.25, 0.3) is 0 Å².